The Balaban J connectivity index is 2.11. The number of hydrogen-bond donors (Lipinski definition) is 1. The predicted molar refractivity (Wildman–Crippen MR) is 77.2 cm³/mol. The number of amides is 2. The van der Waals surface area contributed by atoms with E-state index < -0.39 is 12.0 Å². The van der Waals surface area contributed by atoms with E-state index in [1.807, 2.05) is 14.0 Å². The number of carbonyl (C=O) groups is 2. The minimum atomic E-state index is -0.956. The summed E-state index contributed by atoms with van der Waals surface area (Å²) in [4.78, 5) is 29.6. The van der Waals surface area contributed by atoms with E-state index in [1.165, 1.54) is 4.90 Å². The van der Waals surface area contributed by atoms with Gasteiger partial charge in [0.15, 0.2) is 0 Å². The first kappa shape index (κ1) is 16.0. The van der Waals surface area contributed by atoms with Crippen LogP contribution in [-0.2, 0) is 9.53 Å². The first-order valence-corrected chi connectivity index (χ1v) is 7.45. The smallest absolute Gasteiger partial charge is 0.326 e. The monoisotopic (exact) mass is 299 g/mol. The van der Waals surface area contributed by atoms with Crippen molar-refractivity contribution in [2.45, 2.75) is 38.0 Å². The normalized spacial score (nSPS) is 31.3. The molecule has 0 aliphatic carbocycles. The zero-order valence-corrected chi connectivity index (χ0v) is 13.0. The molecule has 2 heterocycles. The fourth-order valence-corrected chi connectivity index (χ4v) is 3.24. The fourth-order valence-electron chi connectivity index (χ4n) is 3.24. The van der Waals surface area contributed by atoms with Crippen molar-refractivity contribution in [2.24, 2.45) is 0 Å². The molecule has 120 valence electrons. The van der Waals surface area contributed by atoms with Gasteiger partial charge in [-0.25, -0.2) is 9.59 Å². The third kappa shape index (κ3) is 3.47. The van der Waals surface area contributed by atoms with Crippen molar-refractivity contribution >= 4 is 12.0 Å². The van der Waals surface area contributed by atoms with Gasteiger partial charge >= 0.3 is 12.0 Å². The molecule has 2 aliphatic heterocycles. The molecule has 1 N–H and O–H groups in total. The summed E-state index contributed by atoms with van der Waals surface area (Å²) in [6.45, 7) is 4.80. The number of nitrogens with zero attached hydrogens (tertiary/aromatic N) is 3. The number of hydrogen-bond acceptors (Lipinski definition) is 4. The Bertz CT molecular complexity index is 404. The van der Waals surface area contributed by atoms with Crippen molar-refractivity contribution in [3.8, 4) is 0 Å². The van der Waals surface area contributed by atoms with Crippen molar-refractivity contribution < 1.29 is 19.4 Å². The maximum Gasteiger partial charge on any atom is 0.326 e. The first-order valence-electron chi connectivity index (χ1n) is 7.45. The lowest BCUT2D eigenvalue weighted by atomic mass is 10.2. The summed E-state index contributed by atoms with van der Waals surface area (Å²) in [6, 6.07) is -0.874. The molecule has 2 aliphatic rings. The van der Waals surface area contributed by atoms with E-state index >= 15 is 0 Å². The van der Waals surface area contributed by atoms with Crippen molar-refractivity contribution in [2.75, 3.05) is 40.3 Å². The molecule has 0 spiro atoms. The molecule has 3 atom stereocenters. The molecule has 0 saturated carbocycles. The van der Waals surface area contributed by atoms with Crippen LogP contribution in [0.25, 0.3) is 0 Å². The first-order chi connectivity index (χ1) is 9.93. The van der Waals surface area contributed by atoms with Crippen LogP contribution < -0.4 is 0 Å². The number of likely N-dealkylation sites (tertiary alicyclic amines) is 1. The number of methoxy groups -OCH3 is 1. The Morgan fingerprint density at radius 2 is 1.90 bits per heavy atom. The number of rotatable bonds is 2. The Hall–Kier alpha value is -1.34. The summed E-state index contributed by atoms with van der Waals surface area (Å²) in [5, 5.41) is 9.33. The molecule has 7 nitrogen and oxygen atoms in total. The Morgan fingerprint density at radius 3 is 2.52 bits per heavy atom. The van der Waals surface area contributed by atoms with Crippen molar-refractivity contribution in [3.05, 3.63) is 0 Å². The molecule has 2 amide bonds. The summed E-state index contributed by atoms with van der Waals surface area (Å²) in [7, 11) is 3.60. The molecule has 2 saturated heterocycles. The highest BCUT2D eigenvalue weighted by atomic mass is 16.5. The fraction of sp³-hybridized carbons (Fsp3) is 0.857. The molecule has 0 bridgehead atoms. The second-order valence-electron chi connectivity index (χ2n) is 6.04. The maximum atomic E-state index is 12.8. The van der Waals surface area contributed by atoms with Gasteiger partial charge in [-0.3, -0.25) is 0 Å². The molecule has 0 radical (unpaired) electrons. The van der Waals surface area contributed by atoms with E-state index in [4.69, 9.17) is 4.74 Å². The van der Waals surface area contributed by atoms with E-state index in [-0.39, 0.29) is 18.2 Å². The standard InChI is InChI=1S/C14H25N3O4/c1-10-8-15(2)5-4-6-16(10)14(20)17-9-11(21-3)7-12(17)13(18)19/h10-12H,4-9H2,1-3H3,(H,18,19). The van der Waals surface area contributed by atoms with Crippen LogP contribution in [0.3, 0.4) is 0 Å². The van der Waals surface area contributed by atoms with Gasteiger partial charge in [-0.15, -0.1) is 0 Å². The SMILES string of the molecule is COC1CC(C(=O)O)N(C(=O)N2CCCN(C)CC2C)C1. The molecular weight excluding hydrogens is 274 g/mol. The van der Waals surface area contributed by atoms with Crippen LogP contribution in [0.2, 0.25) is 0 Å². The summed E-state index contributed by atoms with van der Waals surface area (Å²) < 4.78 is 5.24. The third-order valence-corrected chi connectivity index (χ3v) is 4.42. The number of urea groups is 1. The quantitative estimate of drug-likeness (QED) is 0.794. The number of carboxylic acids is 1. The number of carboxylic acid groups (broad SMARTS) is 1. The number of aliphatic carboxylic acids is 1. The molecule has 7 heteroatoms. The molecule has 0 aromatic heterocycles. The van der Waals surface area contributed by atoms with Gasteiger partial charge in [-0.2, -0.15) is 0 Å². The Kier molecular flexibility index (Phi) is 5.05. The van der Waals surface area contributed by atoms with E-state index in [9.17, 15) is 14.7 Å². The molecular formula is C14H25N3O4. The van der Waals surface area contributed by atoms with Gasteiger partial charge in [0.25, 0.3) is 0 Å². The van der Waals surface area contributed by atoms with Gasteiger partial charge in [0.1, 0.15) is 6.04 Å². The highest BCUT2D eigenvalue weighted by molar-refractivity contribution is 5.83. The molecule has 0 aromatic carbocycles. The van der Waals surface area contributed by atoms with E-state index in [0.717, 1.165) is 19.5 Å². The summed E-state index contributed by atoms with van der Waals surface area (Å²) in [5.74, 6) is -0.956. The zero-order chi connectivity index (χ0) is 15.6. The van der Waals surface area contributed by atoms with Crippen LogP contribution in [0.5, 0.6) is 0 Å². The highest BCUT2D eigenvalue weighted by Crippen LogP contribution is 2.23. The molecule has 2 rings (SSSR count). The van der Waals surface area contributed by atoms with E-state index in [1.54, 1.807) is 12.0 Å². The zero-order valence-electron chi connectivity index (χ0n) is 13.0. The average Bonchev–Trinajstić information content (AvgIpc) is 2.79. The van der Waals surface area contributed by atoms with Crippen LogP contribution in [0.15, 0.2) is 0 Å². The van der Waals surface area contributed by atoms with E-state index in [2.05, 4.69) is 4.90 Å². The maximum absolute atomic E-state index is 12.8. The highest BCUT2D eigenvalue weighted by Gasteiger charge is 2.42. The summed E-state index contributed by atoms with van der Waals surface area (Å²) in [6.07, 6.45) is 1.07. The van der Waals surface area contributed by atoms with Gasteiger partial charge in [-0.05, 0) is 26.9 Å². The topological polar surface area (TPSA) is 73.3 Å². The molecule has 3 unspecified atom stereocenters. The van der Waals surface area contributed by atoms with Crippen LogP contribution in [0.4, 0.5) is 4.79 Å². The second kappa shape index (κ2) is 6.62. The van der Waals surface area contributed by atoms with E-state index in [0.29, 0.717) is 19.5 Å². The van der Waals surface area contributed by atoms with Gasteiger partial charge < -0.3 is 24.5 Å². The van der Waals surface area contributed by atoms with Crippen molar-refractivity contribution in [3.63, 3.8) is 0 Å². The lowest BCUT2D eigenvalue weighted by Gasteiger charge is -2.33. The molecule has 2 fully saturated rings. The molecule has 0 aromatic rings. The number of carbonyl (C=O) groups excluding carboxylic acids is 1. The number of likely N-dealkylation sites (N-methyl/N-ethyl adjacent to an activating group) is 1. The van der Waals surface area contributed by atoms with Crippen molar-refractivity contribution in [1.29, 1.82) is 0 Å². The largest absolute Gasteiger partial charge is 0.480 e. The van der Waals surface area contributed by atoms with Gasteiger partial charge in [0.2, 0.25) is 0 Å². The van der Waals surface area contributed by atoms with Gasteiger partial charge in [-0.1, -0.05) is 0 Å². The minimum absolute atomic E-state index is 0.0843. The van der Waals surface area contributed by atoms with Crippen LogP contribution in [0.1, 0.15) is 19.8 Å². The van der Waals surface area contributed by atoms with Crippen LogP contribution >= 0.6 is 0 Å². The molecule has 21 heavy (non-hydrogen) atoms. The Morgan fingerprint density at radius 1 is 1.19 bits per heavy atom. The lowest BCUT2D eigenvalue weighted by molar-refractivity contribution is -0.141. The summed E-state index contributed by atoms with van der Waals surface area (Å²) in [5.41, 5.74) is 0. The second-order valence-corrected chi connectivity index (χ2v) is 6.04. The Labute approximate surface area is 125 Å². The van der Waals surface area contributed by atoms with Gasteiger partial charge in [0, 0.05) is 39.2 Å². The third-order valence-electron chi connectivity index (χ3n) is 4.42. The summed E-state index contributed by atoms with van der Waals surface area (Å²) >= 11 is 0. The predicted octanol–water partition coefficient (Wildman–Crippen LogP) is 0.306. The average molecular weight is 299 g/mol. The minimum Gasteiger partial charge on any atom is -0.480 e. The van der Waals surface area contributed by atoms with Crippen LogP contribution in [-0.4, -0.2) is 90.3 Å². The number of ether oxygens (including phenoxy) is 1. The van der Waals surface area contributed by atoms with Crippen molar-refractivity contribution in [1.82, 2.24) is 14.7 Å². The lowest BCUT2D eigenvalue weighted by Crippen LogP contribution is -2.52. The van der Waals surface area contributed by atoms with Crippen LogP contribution in [0, 0.1) is 0 Å². The van der Waals surface area contributed by atoms with Gasteiger partial charge in [0.05, 0.1) is 6.10 Å².